The van der Waals surface area contributed by atoms with Crippen LogP contribution in [0.3, 0.4) is 0 Å². The number of hydrogen-bond donors (Lipinski definition) is 1. The molecular weight excluding hydrogens is 477 g/mol. The van der Waals surface area contributed by atoms with Gasteiger partial charge in [0.05, 0.1) is 22.2 Å². The second-order valence-corrected chi connectivity index (χ2v) is 8.02. The first-order valence-electron chi connectivity index (χ1n) is 9.58. The van der Waals surface area contributed by atoms with Crippen LogP contribution in [0.5, 0.6) is 5.75 Å². The number of aromatic nitrogens is 2. The van der Waals surface area contributed by atoms with Gasteiger partial charge < -0.3 is 19.5 Å². The van der Waals surface area contributed by atoms with E-state index in [2.05, 4.69) is 15.3 Å². The zero-order chi connectivity index (χ0) is 23.1. The maximum absolute atomic E-state index is 11.7. The molecule has 3 rings (SSSR count). The minimum Gasteiger partial charge on any atom is -0.457 e. The Kier molecular flexibility index (Phi) is 8.39. The van der Waals surface area contributed by atoms with Gasteiger partial charge in [0.25, 0.3) is 0 Å². The highest BCUT2D eigenvalue weighted by Crippen LogP contribution is 2.39. The Hall–Kier alpha value is -2.74. The number of carbonyl (C=O) groups is 1. The molecule has 0 saturated heterocycles. The Morgan fingerprint density at radius 1 is 1.03 bits per heavy atom. The van der Waals surface area contributed by atoms with Crippen molar-refractivity contribution in [2.45, 2.75) is 26.0 Å². The lowest BCUT2D eigenvalue weighted by atomic mass is 9.97. The predicted molar refractivity (Wildman–Crippen MR) is 124 cm³/mol. The smallest absolute Gasteiger partial charge is 0.457 e. The monoisotopic (exact) mass is 495 g/mol. The average molecular weight is 497 g/mol. The lowest BCUT2D eigenvalue weighted by Gasteiger charge is -2.24. The molecule has 0 spiro atoms. The van der Waals surface area contributed by atoms with Gasteiger partial charge in [0.15, 0.2) is 0 Å². The van der Waals surface area contributed by atoms with Crippen molar-refractivity contribution in [3.8, 4) is 5.75 Å². The molecule has 32 heavy (non-hydrogen) atoms. The summed E-state index contributed by atoms with van der Waals surface area (Å²) in [5.74, 6) is 0.757. The molecule has 0 saturated carbocycles. The second kappa shape index (κ2) is 11.2. The van der Waals surface area contributed by atoms with Crippen LogP contribution in [-0.4, -0.2) is 29.0 Å². The third-order valence-corrected chi connectivity index (χ3v) is 5.21. The van der Waals surface area contributed by atoms with Crippen molar-refractivity contribution in [1.29, 1.82) is 0 Å². The van der Waals surface area contributed by atoms with Crippen molar-refractivity contribution in [3.63, 3.8) is 0 Å². The summed E-state index contributed by atoms with van der Waals surface area (Å²) < 4.78 is 15.6. The van der Waals surface area contributed by atoms with Gasteiger partial charge in [-0.15, -0.1) is 0 Å². The van der Waals surface area contributed by atoms with E-state index in [4.69, 9.17) is 49.0 Å². The highest BCUT2D eigenvalue weighted by atomic mass is 35.5. The summed E-state index contributed by atoms with van der Waals surface area (Å²) in [7, 11) is 0. The zero-order valence-electron chi connectivity index (χ0n) is 17.2. The number of nitrogens with zero attached hydrogens (tertiary/aromatic N) is 2. The summed E-state index contributed by atoms with van der Waals surface area (Å²) >= 11 is 19.1. The molecule has 0 bridgehead atoms. The standard InChI is InChI=1S/C22H20Cl3N3O4/c1-13(2)32-22(29)31-12-30-18-8-7-14(23)11-16(18)20(28-21-26-9-4-10-27-21)15-5-3-6-17(24)19(15)25/h3-11,13,20H,12H2,1-2H3,(H,26,27,28). The van der Waals surface area contributed by atoms with Crippen molar-refractivity contribution < 1.29 is 19.0 Å². The molecule has 0 radical (unpaired) electrons. The molecule has 1 atom stereocenters. The van der Waals surface area contributed by atoms with E-state index < -0.39 is 12.2 Å². The molecule has 0 amide bonds. The number of rotatable bonds is 8. The maximum atomic E-state index is 11.7. The largest absolute Gasteiger partial charge is 0.511 e. The first kappa shape index (κ1) is 23.9. The fourth-order valence-corrected chi connectivity index (χ4v) is 3.41. The van der Waals surface area contributed by atoms with Crippen LogP contribution in [0.4, 0.5) is 10.7 Å². The molecule has 0 aliphatic heterocycles. The fraction of sp³-hybridized carbons (Fsp3) is 0.227. The first-order chi connectivity index (χ1) is 15.3. The van der Waals surface area contributed by atoms with E-state index in [1.165, 1.54) is 0 Å². The number of ether oxygens (including phenoxy) is 3. The zero-order valence-corrected chi connectivity index (χ0v) is 19.5. The summed E-state index contributed by atoms with van der Waals surface area (Å²) in [5, 5.41) is 4.44. The van der Waals surface area contributed by atoms with Crippen LogP contribution in [0.1, 0.15) is 31.0 Å². The molecule has 7 nitrogen and oxygen atoms in total. The Labute approximate surface area is 200 Å². The molecule has 1 N–H and O–H groups in total. The van der Waals surface area contributed by atoms with Crippen LogP contribution < -0.4 is 10.1 Å². The van der Waals surface area contributed by atoms with E-state index >= 15 is 0 Å². The van der Waals surface area contributed by atoms with Crippen molar-refractivity contribution in [2.24, 2.45) is 0 Å². The van der Waals surface area contributed by atoms with Crippen LogP contribution in [0.25, 0.3) is 0 Å². The van der Waals surface area contributed by atoms with Crippen LogP contribution in [-0.2, 0) is 9.47 Å². The van der Waals surface area contributed by atoms with E-state index in [9.17, 15) is 4.79 Å². The van der Waals surface area contributed by atoms with Gasteiger partial charge in [-0.2, -0.15) is 0 Å². The Morgan fingerprint density at radius 3 is 2.50 bits per heavy atom. The number of nitrogens with one attached hydrogen (secondary N) is 1. The van der Waals surface area contributed by atoms with Crippen LogP contribution >= 0.6 is 34.8 Å². The van der Waals surface area contributed by atoms with Crippen LogP contribution in [0.15, 0.2) is 54.9 Å². The molecule has 1 aromatic heterocycles. The van der Waals surface area contributed by atoms with E-state index in [0.29, 0.717) is 37.9 Å². The molecular formula is C22H20Cl3N3O4. The second-order valence-electron chi connectivity index (χ2n) is 6.80. The normalized spacial score (nSPS) is 11.7. The summed E-state index contributed by atoms with van der Waals surface area (Å²) in [6.07, 6.45) is 2.07. The highest BCUT2D eigenvalue weighted by Gasteiger charge is 2.24. The van der Waals surface area contributed by atoms with Gasteiger partial charge in [-0.1, -0.05) is 46.9 Å². The fourth-order valence-electron chi connectivity index (χ4n) is 2.81. The number of carbonyl (C=O) groups excluding carboxylic acids is 1. The number of anilines is 1. The summed E-state index contributed by atoms with van der Waals surface area (Å²) in [5.41, 5.74) is 1.26. The molecule has 2 aromatic carbocycles. The molecule has 10 heteroatoms. The minimum atomic E-state index is -0.833. The van der Waals surface area contributed by atoms with Gasteiger partial charge in [0.2, 0.25) is 12.7 Å². The lowest BCUT2D eigenvalue weighted by molar-refractivity contribution is -0.00845. The molecule has 1 unspecified atom stereocenters. The van der Waals surface area contributed by atoms with Crippen LogP contribution in [0.2, 0.25) is 15.1 Å². The van der Waals surface area contributed by atoms with Gasteiger partial charge in [-0.3, -0.25) is 0 Å². The van der Waals surface area contributed by atoms with Crippen molar-refractivity contribution in [2.75, 3.05) is 12.1 Å². The lowest BCUT2D eigenvalue weighted by Crippen LogP contribution is -2.18. The SMILES string of the molecule is CC(C)OC(=O)OCOc1ccc(Cl)cc1C(Nc1ncccn1)c1cccc(Cl)c1Cl. The molecule has 0 fully saturated rings. The third kappa shape index (κ3) is 6.38. The van der Waals surface area contributed by atoms with E-state index in [1.54, 1.807) is 62.6 Å². The minimum absolute atomic E-state index is 0.307. The first-order valence-corrected chi connectivity index (χ1v) is 10.7. The molecule has 3 aromatic rings. The molecule has 0 aliphatic rings. The predicted octanol–water partition coefficient (Wildman–Crippen LogP) is 6.54. The summed E-state index contributed by atoms with van der Waals surface area (Å²) in [4.78, 5) is 20.1. The number of hydrogen-bond acceptors (Lipinski definition) is 7. The number of halogens is 3. The van der Waals surface area contributed by atoms with E-state index in [0.717, 1.165) is 0 Å². The summed E-state index contributed by atoms with van der Waals surface area (Å²) in [6.45, 7) is 3.07. The highest BCUT2D eigenvalue weighted by molar-refractivity contribution is 6.42. The van der Waals surface area contributed by atoms with Gasteiger partial charge in [0.1, 0.15) is 5.75 Å². The van der Waals surface area contributed by atoms with Gasteiger partial charge in [-0.05, 0) is 49.7 Å². The summed E-state index contributed by atoms with van der Waals surface area (Å²) in [6, 6.07) is 11.4. The Bertz CT molecular complexity index is 1070. The molecule has 1 heterocycles. The topological polar surface area (TPSA) is 82.6 Å². The molecule has 0 aliphatic carbocycles. The van der Waals surface area contributed by atoms with Crippen molar-refractivity contribution >= 4 is 46.9 Å². The quantitative estimate of drug-likeness (QED) is 0.280. The van der Waals surface area contributed by atoms with Crippen molar-refractivity contribution in [3.05, 3.63) is 81.1 Å². The number of benzene rings is 2. The van der Waals surface area contributed by atoms with Gasteiger partial charge in [0, 0.05) is 23.0 Å². The third-order valence-electron chi connectivity index (χ3n) is 4.14. The Morgan fingerprint density at radius 2 is 1.78 bits per heavy atom. The van der Waals surface area contributed by atoms with E-state index in [1.807, 2.05) is 6.07 Å². The maximum Gasteiger partial charge on any atom is 0.511 e. The van der Waals surface area contributed by atoms with E-state index in [-0.39, 0.29) is 12.9 Å². The van der Waals surface area contributed by atoms with Gasteiger partial charge in [-0.25, -0.2) is 14.8 Å². The average Bonchev–Trinajstić information content (AvgIpc) is 2.75. The van der Waals surface area contributed by atoms with Gasteiger partial charge >= 0.3 is 6.16 Å². The molecule has 168 valence electrons. The Balaban J connectivity index is 1.95. The van der Waals surface area contributed by atoms with Crippen LogP contribution in [0, 0.1) is 0 Å². The van der Waals surface area contributed by atoms with Crippen molar-refractivity contribution in [1.82, 2.24) is 9.97 Å².